The lowest BCUT2D eigenvalue weighted by molar-refractivity contribution is -0.141. The van der Waals surface area contributed by atoms with Gasteiger partial charge in [0, 0.05) is 51.7 Å². The second-order valence-corrected chi connectivity index (χ2v) is 17.8. The standard InChI is InChI=1S/C49H45ClN8O7S/c1-25-24-65-28(4)42(25)34-19-36-33(20-40(34)63-6)45-38(22-52-36)56(49(62)57(45)27(3)35-12-8-9-18-51-35)23-32(59)11-10-13-39(60)46-26(2)43-44(30-14-16-31(50)17-15-30)53-37(21-41(61)64-7)47-55-54-29(5)58(47)48(43)66-46/h8-9,12,14-20,22,24,27,37H,10-11,13,21,23H2,1-7H3/t27-,37+/m1/s1. The molecule has 1 aliphatic rings. The lowest BCUT2D eigenvalue weighted by Gasteiger charge is -2.15. The van der Waals surface area contributed by atoms with Gasteiger partial charge in [-0.05, 0) is 88.6 Å². The highest BCUT2D eigenvalue weighted by Crippen LogP contribution is 2.42. The third-order valence-electron chi connectivity index (χ3n) is 12.2. The van der Waals surface area contributed by atoms with Crippen molar-refractivity contribution in [3.05, 3.63) is 139 Å². The summed E-state index contributed by atoms with van der Waals surface area (Å²) < 4.78 is 21.6. The molecule has 15 nitrogen and oxygen atoms in total. The fourth-order valence-corrected chi connectivity index (χ4v) is 10.4. The number of benzene rings is 2. The molecule has 6 aromatic heterocycles. The van der Waals surface area contributed by atoms with E-state index in [1.54, 1.807) is 42.5 Å². The van der Waals surface area contributed by atoms with E-state index in [2.05, 4.69) is 15.2 Å². The van der Waals surface area contributed by atoms with Gasteiger partial charge in [0.15, 0.2) is 17.4 Å². The molecule has 17 heteroatoms. The Morgan fingerprint density at radius 1 is 0.970 bits per heavy atom. The monoisotopic (exact) mass is 924 g/mol. The molecule has 8 aromatic rings. The Bertz CT molecular complexity index is 3310. The smallest absolute Gasteiger partial charge is 0.330 e. The van der Waals surface area contributed by atoms with E-state index in [-0.39, 0.29) is 43.8 Å². The predicted molar refractivity (Wildman–Crippen MR) is 252 cm³/mol. The van der Waals surface area contributed by atoms with Crippen LogP contribution in [0.1, 0.15) is 99.7 Å². The van der Waals surface area contributed by atoms with E-state index in [1.807, 2.05) is 81.7 Å². The molecule has 0 spiro atoms. The number of ether oxygens (including phenoxy) is 2. The van der Waals surface area contributed by atoms with Gasteiger partial charge in [-0.2, -0.15) is 0 Å². The fraction of sp³-hybridized carbons (Fsp3) is 0.286. The molecule has 2 aromatic carbocycles. The van der Waals surface area contributed by atoms with E-state index in [9.17, 15) is 19.2 Å². The third kappa shape index (κ3) is 7.72. The molecule has 0 radical (unpaired) electrons. The quantitative estimate of drug-likeness (QED) is 0.0750. The van der Waals surface area contributed by atoms with Crippen molar-refractivity contribution in [3.63, 3.8) is 0 Å². The number of hydrogen-bond donors (Lipinski definition) is 0. The van der Waals surface area contributed by atoms with Crippen molar-refractivity contribution in [1.82, 2.24) is 33.9 Å². The number of furan rings is 1. The summed E-state index contributed by atoms with van der Waals surface area (Å²) in [6.07, 6.45) is 5.33. The minimum atomic E-state index is -0.709. The zero-order chi connectivity index (χ0) is 46.6. The van der Waals surface area contributed by atoms with Gasteiger partial charge >= 0.3 is 11.7 Å². The Morgan fingerprint density at radius 2 is 1.76 bits per heavy atom. The van der Waals surface area contributed by atoms with Crippen LogP contribution in [0.25, 0.3) is 38.1 Å². The molecule has 0 saturated carbocycles. The molecule has 1 aliphatic heterocycles. The van der Waals surface area contributed by atoms with Crippen LogP contribution in [-0.4, -0.2) is 71.3 Å². The first-order valence-corrected chi connectivity index (χ1v) is 22.6. The number of hydrogen-bond acceptors (Lipinski definition) is 13. The Kier molecular flexibility index (Phi) is 11.9. The number of nitrogens with zero attached hydrogens (tertiary/aromatic N) is 8. The first kappa shape index (κ1) is 44.2. The largest absolute Gasteiger partial charge is 0.496 e. The van der Waals surface area contributed by atoms with Crippen molar-refractivity contribution in [1.29, 1.82) is 0 Å². The summed E-state index contributed by atoms with van der Waals surface area (Å²) in [6.45, 7) is 9.23. The second kappa shape index (κ2) is 17.7. The first-order chi connectivity index (χ1) is 31.8. The van der Waals surface area contributed by atoms with Crippen molar-refractivity contribution in [2.24, 2.45) is 4.99 Å². The maximum Gasteiger partial charge on any atom is 0.330 e. The van der Waals surface area contributed by atoms with Crippen molar-refractivity contribution < 1.29 is 28.3 Å². The van der Waals surface area contributed by atoms with Crippen LogP contribution in [0.3, 0.4) is 0 Å². The minimum absolute atomic E-state index is 0.0494. The molecule has 0 aliphatic carbocycles. The lowest BCUT2D eigenvalue weighted by atomic mass is 9.98. The topological polar surface area (TPSA) is 179 Å². The van der Waals surface area contributed by atoms with Crippen LogP contribution in [0, 0.1) is 27.7 Å². The number of pyridine rings is 2. The summed E-state index contributed by atoms with van der Waals surface area (Å²) in [6, 6.07) is 15.4. The zero-order valence-corrected chi connectivity index (χ0v) is 38.9. The first-order valence-electron chi connectivity index (χ1n) is 21.4. The molecular formula is C49H45ClN8O7S. The van der Waals surface area contributed by atoms with Gasteiger partial charge in [-0.1, -0.05) is 29.8 Å². The molecule has 0 unspecified atom stereocenters. The number of rotatable bonds is 14. The molecule has 0 saturated heterocycles. The summed E-state index contributed by atoms with van der Waals surface area (Å²) in [7, 11) is 2.92. The number of Topliss-reactive ketones (excluding diaryl/α,β-unsaturated/α-hetero) is 2. The molecular weight excluding hydrogens is 880 g/mol. The number of imidazole rings is 1. The van der Waals surface area contributed by atoms with Crippen LogP contribution in [0.2, 0.25) is 5.02 Å². The van der Waals surface area contributed by atoms with Crippen molar-refractivity contribution in [2.45, 2.75) is 78.9 Å². The summed E-state index contributed by atoms with van der Waals surface area (Å²) in [5, 5.41) is 10.7. The van der Waals surface area contributed by atoms with Crippen molar-refractivity contribution in [3.8, 4) is 21.9 Å². The maximum atomic E-state index is 14.6. The van der Waals surface area contributed by atoms with Gasteiger partial charge in [0.2, 0.25) is 0 Å². The number of ketones is 2. The molecule has 7 heterocycles. The van der Waals surface area contributed by atoms with Crippen LogP contribution in [-0.2, 0) is 20.9 Å². The number of esters is 1. The van der Waals surface area contributed by atoms with Gasteiger partial charge in [-0.15, -0.1) is 21.5 Å². The summed E-state index contributed by atoms with van der Waals surface area (Å²) >= 11 is 7.58. The van der Waals surface area contributed by atoms with Gasteiger partial charge in [0.1, 0.15) is 28.4 Å². The highest BCUT2D eigenvalue weighted by Gasteiger charge is 2.34. The molecule has 0 N–H and O–H groups in total. The van der Waals surface area contributed by atoms with Gasteiger partial charge in [0.05, 0.1) is 78.5 Å². The van der Waals surface area contributed by atoms with E-state index in [1.165, 1.54) is 23.0 Å². The number of aryl methyl sites for hydroxylation is 3. The Morgan fingerprint density at radius 3 is 2.45 bits per heavy atom. The van der Waals surface area contributed by atoms with E-state index < -0.39 is 23.7 Å². The number of carbonyl (C=O) groups is 3. The maximum absolute atomic E-state index is 14.6. The molecule has 0 bridgehead atoms. The van der Waals surface area contributed by atoms with Crippen LogP contribution in [0.5, 0.6) is 5.75 Å². The number of thiophene rings is 1. The molecule has 0 amide bonds. The summed E-state index contributed by atoms with van der Waals surface area (Å²) in [4.78, 5) is 70.3. The average molecular weight is 925 g/mol. The van der Waals surface area contributed by atoms with Crippen molar-refractivity contribution in [2.75, 3.05) is 14.2 Å². The second-order valence-electron chi connectivity index (χ2n) is 16.4. The Hall–Kier alpha value is -7.04. The number of aliphatic imine (C=N–C) groups is 1. The number of carbonyl (C=O) groups excluding carboxylic acids is 3. The van der Waals surface area contributed by atoms with Crippen LogP contribution in [0.15, 0.2) is 87.5 Å². The van der Waals surface area contributed by atoms with Crippen molar-refractivity contribution >= 4 is 68.1 Å². The van der Waals surface area contributed by atoms with E-state index in [0.717, 1.165) is 33.6 Å². The summed E-state index contributed by atoms with van der Waals surface area (Å²) in [5.74, 6) is 1.52. The highest BCUT2D eigenvalue weighted by molar-refractivity contribution is 7.17. The molecule has 9 rings (SSSR count). The number of aromatic nitrogens is 7. The molecule has 336 valence electrons. The van der Waals surface area contributed by atoms with Crippen LogP contribution >= 0.6 is 22.9 Å². The van der Waals surface area contributed by atoms with Gasteiger partial charge in [-0.3, -0.25) is 43.0 Å². The van der Waals surface area contributed by atoms with E-state index in [0.29, 0.717) is 71.2 Å². The van der Waals surface area contributed by atoms with Gasteiger partial charge < -0.3 is 13.9 Å². The third-order valence-corrected chi connectivity index (χ3v) is 13.8. The van der Waals surface area contributed by atoms with Gasteiger partial charge in [0.25, 0.3) is 0 Å². The summed E-state index contributed by atoms with van der Waals surface area (Å²) in [5.41, 5.74) is 7.40. The van der Waals surface area contributed by atoms with Crippen LogP contribution < -0.4 is 10.4 Å². The SMILES string of the molecule is COC(=O)C[C@@H]1N=C(c2ccc(Cl)cc2)c2c(sc(C(=O)CCCC(=O)Cn3c(=O)n([C@H](C)c4ccccn4)c4c5cc(OC)c(-c6c(C)coc6C)cc5ncc43)c2C)-n2c(C)nnc21. The fourth-order valence-electron chi connectivity index (χ4n) is 8.92. The Balaban J connectivity index is 1.02. The zero-order valence-electron chi connectivity index (χ0n) is 37.3. The van der Waals surface area contributed by atoms with E-state index >= 15 is 0 Å². The number of fused-ring (bicyclic) bond motifs is 6. The minimum Gasteiger partial charge on any atom is -0.496 e. The van der Waals surface area contributed by atoms with Gasteiger partial charge in [-0.25, -0.2) is 4.79 Å². The average Bonchev–Trinajstić information content (AvgIpc) is 4.02. The number of methoxy groups -OCH3 is 2. The lowest BCUT2D eigenvalue weighted by Crippen LogP contribution is -2.29. The predicted octanol–water partition coefficient (Wildman–Crippen LogP) is 9.23. The molecule has 66 heavy (non-hydrogen) atoms. The van der Waals surface area contributed by atoms with Crippen LogP contribution in [0.4, 0.5) is 0 Å². The molecule has 0 fully saturated rings. The molecule has 2 atom stereocenters. The highest BCUT2D eigenvalue weighted by atomic mass is 35.5. The Labute approximate surface area is 387 Å². The number of halogens is 1. The van der Waals surface area contributed by atoms with E-state index in [4.69, 9.17) is 35.5 Å². The normalized spacial score (nSPS) is 13.9.